The van der Waals surface area contributed by atoms with Gasteiger partial charge >= 0.3 is 0 Å². The molecule has 2 heteroatoms. The summed E-state index contributed by atoms with van der Waals surface area (Å²) >= 11 is 1.79. The highest BCUT2D eigenvalue weighted by atomic mass is 32.1. The number of hydrogen-bond donors (Lipinski definition) is 0. The van der Waals surface area contributed by atoms with E-state index in [-0.39, 0.29) is 0 Å². The van der Waals surface area contributed by atoms with Crippen LogP contribution in [0.25, 0.3) is 0 Å². The van der Waals surface area contributed by atoms with Crippen LogP contribution in [0.2, 0.25) is 0 Å². The predicted molar refractivity (Wildman–Crippen MR) is 77.7 cm³/mol. The van der Waals surface area contributed by atoms with Gasteiger partial charge in [-0.05, 0) is 12.8 Å². The molecule has 0 saturated heterocycles. The standard InChI is InChI=1S/C15H27NS/c1-2-3-4-5-6-7-8-9-10-11-12-15-16-13-14-17-15/h13-14H,2-12H2,1H3. The van der Waals surface area contributed by atoms with Crippen molar-refractivity contribution in [3.8, 4) is 0 Å². The van der Waals surface area contributed by atoms with Crippen LogP contribution in [-0.2, 0) is 6.42 Å². The molecule has 1 aromatic rings. The van der Waals surface area contributed by atoms with E-state index in [0.29, 0.717) is 0 Å². The zero-order valence-corrected chi connectivity index (χ0v) is 12.1. The summed E-state index contributed by atoms with van der Waals surface area (Å²) in [6, 6.07) is 0. The molecular weight excluding hydrogens is 226 g/mol. The second-order valence-electron chi connectivity index (χ2n) is 4.86. The molecule has 17 heavy (non-hydrogen) atoms. The molecule has 0 aliphatic heterocycles. The second-order valence-corrected chi connectivity index (χ2v) is 5.84. The van der Waals surface area contributed by atoms with E-state index in [0.717, 1.165) is 0 Å². The highest BCUT2D eigenvalue weighted by Gasteiger charge is 1.96. The van der Waals surface area contributed by atoms with Crippen LogP contribution in [0.1, 0.15) is 76.1 Å². The van der Waals surface area contributed by atoms with E-state index in [1.54, 1.807) is 11.3 Å². The zero-order valence-electron chi connectivity index (χ0n) is 11.3. The highest BCUT2D eigenvalue weighted by molar-refractivity contribution is 7.09. The van der Waals surface area contributed by atoms with E-state index in [9.17, 15) is 0 Å². The average molecular weight is 253 g/mol. The van der Waals surface area contributed by atoms with Crippen molar-refractivity contribution in [3.05, 3.63) is 16.6 Å². The summed E-state index contributed by atoms with van der Waals surface area (Å²) in [5.41, 5.74) is 0. The van der Waals surface area contributed by atoms with E-state index >= 15 is 0 Å². The SMILES string of the molecule is CCCCCCCCCCCCc1nccs1. The smallest absolute Gasteiger partial charge is 0.0924 e. The summed E-state index contributed by atoms with van der Waals surface area (Å²) in [4.78, 5) is 4.31. The lowest BCUT2D eigenvalue weighted by molar-refractivity contribution is 0.556. The minimum Gasteiger partial charge on any atom is -0.250 e. The van der Waals surface area contributed by atoms with E-state index in [4.69, 9.17) is 0 Å². The minimum absolute atomic E-state index is 1.19. The summed E-state index contributed by atoms with van der Waals surface area (Å²) in [5.74, 6) is 0. The monoisotopic (exact) mass is 253 g/mol. The molecule has 0 N–H and O–H groups in total. The van der Waals surface area contributed by atoms with Crippen LogP contribution in [0, 0.1) is 0 Å². The fourth-order valence-electron chi connectivity index (χ4n) is 2.14. The van der Waals surface area contributed by atoms with Crippen molar-refractivity contribution in [3.63, 3.8) is 0 Å². The van der Waals surface area contributed by atoms with Crippen molar-refractivity contribution < 1.29 is 0 Å². The number of unbranched alkanes of at least 4 members (excludes halogenated alkanes) is 9. The molecule has 0 unspecified atom stereocenters. The Kier molecular flexibility index (Phi) is 9.30. The van der Waals surface area contributed by atoms with Crippen LogP contribution in [0.3, 0.4) is 0 Å². The molecule has 98 valence electrons. The second kappa shape index (κ2) is 10.8. The summed E-state index contributed by atoms with van der Waals surface area (Å²) in [5, 5.41) is 3.38. The number of rotatable bonds is 11. The Balaban J connectivity index is 1.76. The van der Waals surface area contributed by atoms with Crippen molar-refractivity contribution in [2.45, 2.75) is 77.6 Å². The largest absolute Gasteiger partial charge is 0.250 e. The quantitative estimate of drug-likeness (QED) is 0.467. The first-order valence-electron chi connectivity index (χ1n) is 7.32. The lowest BCUT2D eigenvalue weighted by Gasteiger charge is -2.01. The number of thiazole rings is 1. The Morgan fingerprint density at radius 3 is 2.00 bits per heavy atom. The van der Waals surface area contributed by atoms with Gasteiger partial charge in [0.15, 0.2) is 0 Å². The van der Waals surface area contributed by atoms with Gasteiger partial charge < -0.3 is 0 Å². The molecule has 1 aromatic heterocycles. The Hall–Kier alpha value is -0.370. The van der Waals surface area contributed by atoms with Gasteiger partial charge in [0, 0.05) is 11.6 Å². The van der Waals surface area contributed by atoms with Gasteiger partial charge in [-0.25, -0.2) is 4.98 Å². The van der Waals surface area contributed by atoms with Gasteiger partial charge in [-0.3, -0.25) is 0 Å². The molecule has 1 nitrogen and oxygen atoms in total. The minimum atomic E-state index is 1.19. The van der Waals surface area contributed by atoms with Gasteiger partial charge in [0.2, 0.25) is 0 Å². The Morgan fingerprint density at radius 2 is 1.47 bits per heavy atom. The molecule has 0 saturated carbocycles. The van der Waals surface area contributed by atoms with Gasteiger partial charge in [0.05, 0.1) is 5.01 Å². The number of aryl methyl sites for hydroxylation is 1. The maximum atomic E-state index is 4.31. The maximum absolute atomic E-state index is 4.31. The maximum Gasteiger partial charge on any atom is 0.0924 e. The molecule has 0 amide bonds. The lowest BCUT2D eigenvalue weighted by Crippen LogP contribution is -1.85. The van der Waals surface area contributed by atoms with Crippen molar-refractivity contribution in [2.24, 2.45) is 0 Å². The third-order valence-corrected chi connectivity index (χ3v) is 4.07. The normalized spacial score (nSPS) is 10.9. The van der Waals surface area contributed by atoms with Crippen molar-refractivity contribution in [1.82, 2.24) is 4.98 Å². The molecule has 0 aromatic carbocycles. The third-order valence-electron chi connectivity index (χ3n) is 3.23. The van der Waals surface area contributed by atoms with Crippen LogP contribution in [0.4, 0.5) is 0 Å². The molecule has 0 radical (unpaired) electrons. The molecule has 0 aliphatic rings. The van der Waals surface area contributed by atoms with Crippen LogP contribution < -0.4 is 0 Å². The van der Waals surface area contributed by atoms with Crippen LogP contribution >= 0.6 is 11.3 Å². The van der Waals surface area contributed by atoms with E-state index in [1.807, 2.05) is 6.20 Å². The van der Waals surface area contributed by atoms with Gasteiger partial charge in [0.25, 0.3) is 0 Å². The Morgan fingerprint density at radius 1 is 0.882 bits per heavy atom. The van der Waals surface area contributed by atoms with Crippen molar-refractivity contribution in [1.29, 1.82) is 0 Å². The zero-order chi connectivity index (χ0) is 12.2. The van der Waals surface area contributed by atoms with Gasteiger partial charge in [-0.15, -0.1) is 11.3 Å². The van der Waals surface area contributed by atoms with Gasteiger partial charge in [-0.1, -0.05) is 64.7 Å². The van der Waals surface area contributed by atoms with E-state index in [1.165, 1.54) is 75.6 Å². The van der Waals surface area contributed by atoms with E-state index < -0.39 is 0 Å². The summed E-state index contributed by atoms with van der Waals surface area (Å²) in [6.07, 6.45) is 17.2. The molecule has 1 heterocycles. The number of aromatic nitrogens is 1. The fraction of sp³-hybridized carbons (Fsp3) is 0.800. The average Bonchev–Trinajstić information content (AvgIpc) is 2.85. The third kappa shape index (κ3) is 8.37. The number of hydrogen-bond acceptors (Lipinski definition) is 2. The summed E-state index contributed by atoms with van der Waals surface area (Å²) in [6.45, 7) is 2.28. The predicted octanol–water partition coefficient (Wildman–Crippen LogP) is 5.61. The Labute approximate surface area is 111 Å². The summed E-state index contributed by atoms with van der Waals surface area (Å²) in [7, 11) is 0. The first kappa shape index (κ1) is 14.7. The molecule has 1 rings (SSSR count). The Bertz CT molecular complexity index is 243. The van der Waals surface area contributed by atoms with E-state index in [2.05, 4.69) is 17.3 Å². The number of nitrogens with zero attached hydrogens (tertiary/aromatic N) is 1. The van der Waals surface area contributed by atoms with Crippen LogP contribution in [0.5, 0.6) is 0 Å². The van der Waals surface area contributed by atoms with Gasteiger partial charge in [-0.2, -0.15) is 0 Å². The molecule has 0 aliphatic carbocycles. The highest BCUT2D eigenvalue weighted by Crippen LogP contribution is 2.13. The van der Waals surface area contributed by atoms with Crippen LogP contribution in [-0.4, -0.2) is 4.98 Å². The first-order valence-corrected chi connectivity index (χ1v) is 8.20. The first-order chi connectivity index (χ1) is 8.43. The van der Waals surface area contributed by atoms with Crippen molar-refractivity contribution >= 4 is 11.3 Å². The lowest BCUT2D eigenvalue weighted by atomic mass is 10.1. The molecule has 0 atom stereocenters. The summed E-state index contributed by atoms with van der Waals surface area (Å²) < 4.78 is 0. The molecule has 0 fully saturated rings. The fourth-order valence-corrected chi connectivity index (χ4v) is 2.80. The van der Waals surface area contributed by atoms with Gasteiger partial charge in [0.1, 0.15) is 0 Å². The van der Waals surface area contributed by atoms with Crippen LogP contribution in [0.15, 0.2) is 11.6 Å². The van der Waals surface area contributed by atoms with Crippen molar-refractivity contribution in [2.75, 3.05) is 0 Å². The molecule has 0 spiro atoms. The topological polar surface area (TPSA) is 12.9 Å². The molecule has 0 bridgehead atoms. The molecular formula is C15H27NS.